The second-order valence-corrected chi connectivity index (χ2v) is 4.53. The van der Waals surface area contributed by atoms with E-state index in [1.807, 2.05) is 10.9 Å². The third-order valence-electron chi connectivity index (χ3n) is 3.02. The van der Waals surface area contributed by atoms with Crippen molar-refractivity contribution in [2.45, 2.75) is 33.2 Å². The van der Waals surface area contributed by atoms with E-state index in [1.54, 1.807) is 0 Å². The molecule has 0 saturated heterocycles. The summed E-state index contributed by atoms with van der Waals surface area (Å²) in [5.41, 5.74) is 9.40. The number of imidazole rings is 1. The summed E-state index contributed by atoms with van der Waals surface area (Å²) in [5, 5.41) is 0. The lowest BCUT2D eigenvalue weighted by Crippen LogP contribution is -2.04. The van der Waals surface area contributed by atoms with Gasteiger partial charge in [0.25, 0.3) is 0 Å². The lowest BCUT2D eigenvalue weighted by atomic mass is 10.1. The van der Waals surface area contributed by atoms with Crippen LogP contribution in [0.4, 0.5) is 5.82 Å². The van der Waals surface area contributed by atoms with Crippen molar-refractivity contribution < 1.29 is 0 Å². The molecule has 0 spiro atoms. The van der Waals surface area contributed by atoms with E-state index in [9.17, 15) is 0 Å². The Morgan fingerprint density at radius 3 is 2.35 bits per heavy atom. The molecule has 2 rings (SSSR count). The normalized spacial score (nSPS) is 11.1. The zero-order valence-electron chi connectivity index (χ0n) is 10.6. The van der Waals surface area contributed by atoms with E-state index >= 15 is 0 Å². The molecule has 0 radical (unpaired) electrons. The minimum absolute atomic E-state index is 0.339. The molecule has 0 aliphatic heterocycles. The number of anilines is 1. The predicted octanol–water partition coefficient (Wildman–Crippen LogP) is 3.28. The maximum Gasteiger partial charge on any atom is 0.131 e. The second-order valence-electron chi connectivity index (χ2n) is 4.53. The van der Waals surface area contributed by atoms with Crippen LogP contribution in [0.5, 0.6) is 0 Å². The Balaban J connectivity index is 2.39. The number of aryl methyl sites for hydroxylation is 1. The van der Waals surface area contributed by atoms with Crippen molar-refractivity contribution in [1.29, 1.82) is 0 Å². The van der Waals surface area contributed by atoms with E-state index in [4.69, 9.17) is 5.73 Å². The van der Waals surface area contributed by atoms with Gasteiger partial charge in [-0.3, -0.25) is 0 Å². The van der Waals surface area contributed by atoms with Crippen molar-refractivity contribution in [3.63, 3.8) is 0 Å². The van der Waals surface area contributed by atoms with Gasteiger partial charge in [-0.1, -0.05) is 31.2 Å². The minimum Gasteiger partial charge on any atom is -0.383 e. The van der Waals surface area contributed by atoms with E-state index in [0.717, 1.165) is 23.5 Å². The first kappa shape index (κ1) is 11.7. The first-order valence-electron chi connectivity index (χ1n) is 6.05. The molecule has 0 amide bonds. The summed E-state index contributed by atoms with van der Waals surface area (Å²) in [6.07, 6.45) is 2.86. The van der Waals surface area contributed by atoms with Gasteiger partial charge in [0.05, 0.1) is 6.33 Å². The minimum atomic E-state index is 0.339. The summed E-state index contributed by atoms with van der Waals surface area (Å²) in [5.74, 6) is 0.740. The molecule has 1 aromatic heterocycles. The van der Waals surface area contributed by atoms with Crippen LogP contribution >= 0.6 is 0 Å². The number of hydrogen-bond donors (Lipinski definition) is 1. The van der Waals surface area contributed by atoms with Gasteiger partial charge in [-0.2, -0.15) is 0 Å². The Hall–Kier alpha value is -1.77. The van der Waals surface area contributed by atoms with Crippen molar-refractivity contribution in [3.8, 4) is 11.3 Å². The number of aromatic nitrogens is 2. The highest BCUT2D eigenvalue weighted by molar-refractivity contribution is 5.70. The molecule has 3 nitrogen and oxygen atoms in total. The van der Waals surface area contributed by atoms with Gasteiger partial charge in [-0.25, -0.2) is 4.98 Å². The number of hydrogen-bond acceptors (Lipinski definition) is 2. The van der Waals surface area contributed by atoms with Gasteiger partial charge in [0.2, 0.25) is 0 Å². The van der Waals surface area contributed by atoms with Crippen molar-refractivity contribution in [1.82, 2.24) is 9.55 Å². The smallest absolute Gasteiger partial charge is 0.131 e. The topological polar surface area (TPSA) is 43.8 Å². The first-order valence-corrected chi connectivity index (χ1v) is 6.05. The third kappa shape index (κ3) is 2.18. The van der Waals surface area contributed by atoms with Crippen molar-refractivity contribution in [2.75, 3.05) is 5.73 Å². The summed E-state index contributed by atoms with van der Waals surface area (Å²) in [6.45, 7) is 6.35. The van der Waals surface area contributed by atoms with Crippen LogP contribution in [-0.4, -0.2) is 9.55 Å². The summed E-state index contributed by atoms with van der Waals surface area (Å²) >= 11 is 0. The molecule has 17 heavy (non-hydrogen) atoms. The standard InChI is InChI=1S/C14H19N3/c1-4-11-5-7-12(8-6-11)13-14(15)17(9-16-13)10(2)3/h5-10H,4,15H2,1-3H3. The van der Waals surface area contributed by atoms with Crippen LogP contribution in [0.1, 0.15) is 32.4 Å². The van der Waals surface area contributed by atoms with Crippen LogP contribution in [0.25, 0.3) is 11.3 Å². The molecule has 1 aromatic carbocycles. The van der Waals surface area contributed by atoms with Crippen LogP contribution in [-0.2, 0) is 6.42 Å². The molecule has 3 heteroatoms. The number of nitrogen functional groups attached to an aromatic ring is 1. The number of nitrogens with two attached hydrogens (primary N) is 1. The highest BCUT2D eigenvalue weighted by atomic mass is 15.1. The highest BCUT2D eigenvalue weighted by Gasteiger charge is 2.11. The molecule has 0 bridgehead atoms. The van der Waals surface area contributed by atoms with Crippen LogP contribution in [0.3, 0.4) is 0 Å². The molecular formula is C14H19N3. The fraction of sp³-hybridized carbons (Fsp3) is 0.357. The fourth-order valence-electron chi connectivity index (χ4n) is 1.90. The van der Waals surface area contributed by atoms with E-state index in [0.29, 0.717) is 6.04 Å². The summed E-state index contributed by atoms with van der Waals surface area (Å²) in [4.78, 5) is 4.40. The first-order chi connectivity index (χ1) is 8.13. The molecule has 90 valence electrons. The Morgan fingerprint density at radius 1 is 1.24 bits per heavy atom. The van der Waals surface area contributed by atoms with Crippen LogP contribution in [0.2, 0.25) is 0 Å². The van der Waals surface area contributed by atoms with Crippen molar-refractivity contribution in [2.24, 2.45) is 0 Å². The van der Waals surface area contributed by atoms with Gasteiger partial charge in [0.1, 0.15) is 11.5 Å². The quantitative estimate of drug-likeness (QED) is 0.877. The molecule has 0 aliphatic carbocycles. The van der Waals surface area contributed by atoms with Gasteiger partial charge in [0, 0.05) is 11.6 Å². The van der Waals surface area contributed by atoms with Gasteiger partial charge >= 0.3 is 0 Å². The van der Waals surface area contributed by atoms with Crippen molar-refractivity contribution in [3.05, 3.63) is 36.2 Å². The van der Waals surface area contributed by atoms with E-state index in [2.05, 4.69) is 50.0 Å². The molecule has 2 aromatic rings. The SMILES string of the molecule is CCc1ccc(-c2ncn(C(C)C)c2N)cc1. The maximum absolute atomic E-state index is 6.11. The fourth-order valence-corrected chi connectivity index (χ4v) is 1.90. The molecule has 2 N–H and O–H groups in total. The molecule has 1 heterocycles. The van der Waals surface area contributed by atoms with Crippen LogP contribution < -0.4 is 5.73 Å². The van der Waals surface area contributed by atoms with E-state index < -0.39 is 0 Å². The van der Waals surface area contributed by atoms with E-state index in [-0.39, 0.29) is 0 Å². The largest absolute Gasteiger partial charge is 0.383 e. The van der Waals surface area contributed by atoms with Gasteiger partial charge in [-0.05, 0) is 25.8 Å². The molecule has 0 aliphatic rings. The Labute approximate surface area is 102 Å². The zero-order valence-corrected chi connectivity index (χ0v) is 10.6. The lowest BCUT2D eigenvalue weighted by molar-refractivity contribution is 0.607. The van der Waals surface area contributed by atoms with Crippen LogP contribution in [0.15, 0.2) is 30.6 Å². The molecular weight excluding hydrogens is 210 g/mol. The highest BCUT2D eigenvalue weighted by Crippen LogP contribution is 2.26. The van der Waals surface area contributed by atoms with Crippen molar-refractivity contribution >= 4 is 5.82 Å². The van der Waals surface area contributed by atoms with Crippen LogP contribution in [0, 0.1) is 0 Å². The number of benzene rings is 1. The van der Waals surface area contributed by atoms with Gasteiger partial charge in [0.15, 0.2) is 0 Å². The molecule has 0 fully saturated rings. The zero-order chi connectivity index (χ0) is 12.4. The molecule has 0 unspecified atom stereocenters. The van der Waals surface area contributed by atoms with Gasteiger partial charge in [-0.15, -0.1) is 0 Å². The summed E-state index contributed by atoms with van der Waals surface area (Å²) < 4.78 is 1.99. The summed E-state index contributed by atoms with van der Waals surface area (Å²) in [7, 11) is 0. The Bertz CT molecular complexity index is 495. The number of rotatable bonds is 3. The Kier molecular flexibility index (Phi) is 3.18. The monoisotopic (exact) mass is 229 g/mol. The molecule has 0 saturated carbocycles. The molecule has 0 atom stereocenters. The summed E-state index contributed by atoms with van der Waals surface area (Å²) in [6, 6.07) is 8.77. The average molecular weight is 229 g/mol. The maximum atomic E-state index is 6.11. The van der Waals surface area contributed by atoms with E-state index in [1.165, 1.54) is 5.56 Å². The Morgan fingerprint density at radius 2 is 1.88 bits per heavy atom. The predicted molar refractivity (Wildman–Crippen MR) is 71.8 cm³/mol. The van der Waals surface area contributed by atoms with Gasteiger partial charge < -0.3 is 10.3 Å². The lowest BCUT2D eigenvalue weighted by Gasteiger charge is -2.09. The second kappa shape index (κ2) is 4.62. The third-order valence-corrected chi connectivity index (χ3v) is 3.02. The number of nitrogens with zero attached hydrogens (tertiary/aromatic N) is 2. The average Bonchev–Trinajstić information content (AvgIpc) is 2.71.